The van der Waals surface area contributed by atoms with E-state index in [1.54, 1.807) is 0 Å². The first-order chi connectivity index (χ1) is 9.46. The zero-order chi connectivity index (χ0) is 14.1. The second-order valence-corrected chi connectivity index (χ2v) is 5.86. The number of hydrogen-bond acceptors (Lipinski definition) is 5. The summed E-state index contributed by atoms with van der Waals surface area (Å²) in [7, 11) is 0. The van der Waals surface area contributed by atoms with Crippen LogP contribution in [0, 0.1) is 13.8 Å². The lowest BCUT2D eigenvalue weighted by atomic mass is 10.0. The van der Waals surface area contributed by atoms with Crippen molar-refractivity contribution >= 4 is 21.8 Å². The van der Waals surface area contributed by atoms with Gasteiger partial charge in [-0.1, -0.05) is 0 Å². The van der Waals surface area contributed by atoms with E-state index in [-0.39, 0.29) is 0 Å². The van der Waals surface area contributed by atoms with Crippen LogP contribution in [-0.4, -0.2) is 16.0 Å². The monoisotopic (exact) mass is 266 g/mol. The largest absolute Gasteiger partial charge is 0.254 e. The second kappa shape index (κ2) is 3.42. The van der Waals surface area contributed by atoms with Gasteiger partial charge in [0.25, 0.3) is 0 Å². The minimum Gasteiger partial charge on any atom is -0.254 e. The van der Waals surface area contributed by atoms with Crippen LogP contribution in [0.5, 0.6) is 0 Å². The highest BCUT2D eigenvalue weighted by Crippen LogP contribution is 2.25. The van der Waals surface area contributed by atoms with Gasteiger partial charge >= 0.3 is 0 Å². The molecule has 1 aliphatic rings. The maximum absolute atomic E-state index is 4.90. The maximum Gasteiger partial charge on any atom is 0.146 e. The number of hydrogen-bond donors (Lipinski definition) is 0. The van der Waals surface area contributed by atoms with Gasteiger partial charge in [0.1, 0.15) is 16.7 Å². The smallest absolute Gasteiger partial charge is 0.146 e. The second-order valence-electron chi connectivity index (χ2n) is 5.86. The van der Waals surface area contributed by atoms with Crippen LogP contribution in [0.3, 0.4) is 0 Å². The highest BCUT2D eigenvalue weighted by Gasteiger charge is 2.22. The summed E-state index contributed by atoms with van der Waals surface area (Å²) in [4.78, 5) is 9.46. The molecule has 1 aliphatic heterocycles. The molecule has 0 fully saturated rings. The molecule has 2 aromatic carbocycles. The van der Waals surface area contributed by atoms with Crippen LogP contribution in [0.2, 0.25) is 0 Å². The zero-order valence-corrected chi connectivity index (χ0v) is 11.9. The molecular formula is C15H14N4O. The summed E-state index contributed by atoms with van der Waals surface area (Å²) in [5.41, 5.74) is 3.36. The molecule has 0 radical (unpaired) electrons. The molecule has 1 aromatic heterocycles. The zero-order valence-electron chi connectivity index (χ0n) is 11.9. The van der Waals surface area contributed by atoms with E-state index in [0.29, 0.717) is 0 Å². The SMILES string of the molecule is Cc1cc2c(cc(C)c3nonc32)c2c1=NC(C)(C)N=2. The van der Waals surface area contributed by atoms with Gasteiger partial charge < -0.3 is 0 Å². The normalized spacial score (nSPS) is 16.2. The first-order valence-electron chi connectivity index (χ1n) is 6.61. The van der Waals surface area contributed by atoms with Crippen molar-refractivity contribution in [1.82, 2.24) is 10.3 Å². The van der Waals surface area contributed by atoms with E-state index in [4.69, 9.17) is 14.6 Å². The Hall–Kier alpha value is -2.30. The fourth-order valence-electron chi connectivity index (χ4n) is 2.88. The van der Waals surface area contributed by atoms with E-state index in [9.17, 15) is 0 Å². The molecule has 100 valence electrons. The van der Waals surface area contributed by atoms with E-state index in [0.717, 1.165) is 43.6 Å². The van der Waals surface area contributed by atoms with Gasteiger partial charge in [-0.2, -0.15) is 0 Å². The molecule has 0 atom stereocenters. The fraction of sp³-hybridized carbons (Fsp3) is 0.333. The number of benzene rings is 2. The number of aryl methyl sites for hydroxylation is 2. The molecule has 5 nitrogen and oxygen atoms in total. The number of rotatable bonds is 0. The van der Waals surface area contributed by atoms with Crippen LogP contribution in [0.1, 0.15) is 25.0 Å². The van der Waals surface area contributed by atoms with Crippen molar-refractivity contribution in [3.05, 3.63) is 34.0 Å². The lowest BCUT2D eigenvalue weighted by Gasteiger charge is -2.07. The summed E-state index contributed by atoms with van der Waals surface area (Å²) in [5.74, 6) is 0. The highest BCUT2D eigenvalue weighted by molar-refractivity contribution is 6.05. The van der Waals surface area contributed by atoms with Crippen LogP contribution in [-0.2, 0) is 0 Å². The van der Waals surface area contributed by atoms with Gasteiger partial charge in [0.05, 0.1) is 10.7 Å². The summed E-state index contributed by atoms with van der Waals surface area (Å²) in [6, 6.07) is 4.20. The van der Waals surface area contributed by atoms with Crippen LogP contribution in [0.15, 0.2) is 26.7 Å². The minimum absolute atomic E-state index is 0.397. The van der Waals surface area contributed by atoms with Crippen LogP contribution < -0.4 is 10.7 Å². The van der Waals surface area contributed by atoms with Gasteiger partial charge in [0.15, 0.2) is 0 Å². The topological polar surface area (TPSA) is 63.6 Å². The van der Waals surface area contributed by atoms with Crippen molar-refractivity contribution in [3.63, 3.8) is 0 Å². The third-order valence-corrected chi connectivity index (χ3v) is 3.75. The van der Waals surface area contributed by atoms with Crippen molar-refractivity contribution in [2.45, 2.75) is 33.4 Å². The summed E-state index contributed by atoms with van der Waals surface area (Å²) in [6.07, 6.45) is 0. The third-order valence-electron chi connectivity index (χ3n) is 3.75. The molecular weight excluding hydrogens is 252 g/mol. The lowest BCUT2D eigenvalue weighted by molar-refractivity contribution is 0.315. The van der Waals surface area contributed by atoms with Crippen LogP contribution in [0.25, 0.3) is 21.8 Å². The van der Waals surface area contributed by atoms with Gasteiger partial charge in [0.2, 0.25) is 0 Å². The molecule has 4 rings (SSSR count). The summed E-state index contributed by atoms with van der Waals surface area (Å²) >= 11 is 0. The van der Waals surface area contributed by atoms with Gasteiger partial charge in [-0.15, -0.1) is 0 Å². The molecule has 3 aromatic rings. The summed E-state index contributed by atoms with van der Waals surface area (Å²) < 4.78 is 4.90. The highest BCUT2D eigenvalue weighted by atomic mass is 16.6. The van der Waals surface area contributed by atoms with E-state index >= 15 is 0 Å². The average molecular weight is 266 g/mol. The van der Waals surface area contributed by atoms with E-state index in [2.05, 4.69) is 29.4 Å². The van der Waals surface area contributed by atoms with Crippen molar-refractivity contribution in [2.24, 2.45) is 9.98 Å². The lowest BCUT2D eigenvalue weighted by Crippen LogP contribution is -2.25. The van der Waals surface area contributed by atoms with Gasteiger partial charge in [0, 0.05) is 10.8 Å². The van der Waals surface area contributed by atoms with Gasteiger partial charge in [-0.3, -0.25) is 9.98 Å². The molecule has 2 heterocycles. The van der Waals surface area contributed by atoms with E-state index < -0.39 is 5.66 Å². The predicted octanol–water partition coefficient (Wildman–Crippen LogP) is 1.98. The van der Waals surface area contributed by atoms with Crippen molar-refractivity contribution in [3.8, 4) is 0 Å². The third kappa shape index (κ3) is 1.37. The molecule has 0 N–H and O–H groups in total. The molecule has 20 heavy (non-hydrogen) atoms. The van der Waals surface area contributed by atoms with Crippen molar-refractivity contribution in [1.29, 1.82) is 0 Å². The predicted molar refractivity (Wildman–Crippen MR) is 75.2 cm³/mol. The van der Waals surface area contributed by atoms with Crippen LogP contribution in [0.4, 0.5) is 0 Å². The average Bonchev–Trinajstić information content (AvgIpc) is 2.95. The molecule has 0 amide bonds. The molecule has 0 aliphatic carbocycles. The van der Waals surface area contributed by atoms with E-state index in [1.165, 1.54) is 0 Å². The summed E-state index contributed by atoms with van der Waals surface area (Å²) in [6.45, 7) is 8.09. The maximum atomic E-state index is 4.90. The fourth-order valence-corrected chi connectivity index (χ4v) is 2.88. The molecule has 0 bridgehead atoms. The Morgan fingerprint density at radius 3 is 2.30 bits per heavy atom. The van der Waals surface area contributed by atoms with Crippen LogP contribution >= 0.6 is 0 Å². The summed E-state index contributed by atoms with van der Waals surface area (Å²) in [5, 5.41) is 12.1. The van der Waals surface area contributed by atoms with Gasteiger partial charge in [-0.25, -0.2) is 4.63 Å². The minimum atomic E-state index is -0.397. The number of fused-ring (bicyclic) bond motifs is 5. The standard InChI is InChI=1S/C15H14N4O/c1-7-5-10-9(13-11(7)16-15(3,4)17-13)6-8(2)12-14(10)19-20-18-12/h5-6H,1-4H3. The number of nitrogens with zero attached hydrogens (tertiary/aromatic N) is 4. The Morgan fingerprint density at radius 1 is 0.850 bits per heavy atom. The quantitative estimate of drug-likeness (QED) is 0.625. The molecule has 0 unspecified atom stereocenters. The Labute approximate surface area is 115 Å². The Kier molecular flexibility index (Phi) is 1.97. The Morgan fingerprint density at radius 2 is 1.50 bits per heavy atom. The molecule has 5 heteroatoms. The first kappa shape index (κ1) is 11.5. The molecule has 0 spiro atoms. The van der Waals surface area contributed by atoms with Crippen molar-refractivity contribution < 1.29 is 4.63 Å². The first-order valence-corrected chi connectivity index (χ1v) is 6.61. The Bertz CT molecular complexity index is 998. The van der Waals surface area contributed by atoms with Crippen molar-refractivity contribution in [2.75, 3.05) is 0 Å². The van der Waals surface area contributed by atoms with E-state index in [1.807, 2.05) is 20.8 Å². The van der Waals surface area contributed by atoms with Gasteiger partial charge in [-0.05, 0) is 61.3 Å². The molecule has 0 saturated carbocycles. The Balaban J connectivity index is 2.35. The molecule has 0 saturated heterocycles. The number of aromatic nitrogens is 2.